The van der Waals surface area contributed by atoms with E-state index in [1.165, 1.54) is 31.2 Å². The lowest BCUT2D eigenvalue weighted by atomic mass is 10.1. The first-order valence-corrected chi connectivity index (χ1v) is 8.72. The Morgan fingerprint density at radius 3 is 2.57 bits per heavy atom. The molecule has 0 unspecified atom stereocenters. The van der Waals surface area contributed by atoms with Crippen molar-refractivity contribution < 1.29 is 13.6 Å². The van der Waals surface area contributed by atoms with Crippen LogP contribution in [0.25, 0.3) is 0 Å². The highest BCUT2D eigenvalue weighted by Gasteiger charge is 2.28. The first kappa shape index (κ1) is 16.2. The summed E-state index contributed by atoms with van der Waals surface area (Å²) in [5.74, 6) is -0.228. The molecule has 0 N–H and O–H groups in total. The molecule has 2 aromatic rings. The maximum atomic E-state index is 13.0. The fraction of sp³-hybridized carbons (Fsp3) is 0.389. The number of carbonyl (C=O) groups is 1. The quantitative estimate of drug-likeness (QED) is 0.746. The number of amides is 1. The van der Waals surface area contributed by atoms with Crippen molar-refractivity contribution in [1.82, 2.24) is 4.90 Å². The van der Waals surface area contributed by atoms with Crippen molar-refractivity contribution in [1.29, 1.82) is 0 Å². The van der Waals surface area contributed by atoms with Crippen LogP contribution in [0, 0.1) is 5.82 Å². The average molecular weight is 380 g/mol. The molecular formula is C18H19BrFNO2. The predicted molar refractivity (Wildman–Crippen MR) is 89.8 cm³/mol. The summed E-state index contributed by atoms with van der Waals surface area (Å²) in [7, 11) is 0. The Kier molecular flexibility index (Phi) is 5.16. The van der Waals surface area contributed by atoms with Gasteiger partial charge in [-0.15, -0.1) is 0 Å². The third-order valence-electron chi connectivity index (χ3n) is 4.40. The Morgan fingerprint density at radius 2 is 1.96 bits per heavy atom. The number of nitrogens with zero attached hydrogens (tertiary/aromatic N) is 1. The Labute approximate surface area is 143 Å². The van der Waals surface area contributed by atoms with Gasteiger partial charge in [-0.1, -0.05) is 25.0 Å². The van der Waals surface area contributed by atoms with Crippen LogP contribution in [0.1, 0.15) is 41.6 Å². The van der Waals surface area contributed by atoms with Crippen molar-refractivity contribution in [3.63, 3.8) is 0 Å². The molecular weight excluding hydrogens is 361 g/mol. The van der Waals surface area contributed by atoms with E-state index >= 15 is 0 Å². The van der Waals surface area contributed by atoms with E-state index in [4.69, 9.17) is 4.42 Å². The molecule has 0 atom stereocenters. The number of hydrogen-bond acceptors (Lipinski definition) is 2. The third kappa shape index (κ3) is 4.02. The molecule has 23 heavy (non-hydrogen) atoms. The molecule has 5 heteroatoms. The van der Waals surface area contributed by atoms with Crippen LogP contribution in [0.15, 0.2) is 45.7 Å². The van der Waals surface area contributed by atoms with Gasteiger partial charge in [0.15, 0.2) is 4.67 Å². The Hall–Kier alpha value is -1.62. The number of hydrogen-bond donors (Lipinski definition) is 0. The molecule has 1 heterocycles. The van der Waals surface area contributed by atoms with E-state index in [1.54, 1.807) is 18.2 Å². The lowest BCUT2D eigenvalue weighted by Crippen LogP contribution is -2.40. The summed E-state index contributed by atoms with van der Waals surface area (Å²) in [6.07, 6.45) is 6.65. The molecule has 0 spiro atoms. The van der Waals surface area contributed by atoms with E-state index in [9.17, 15) is 9.18 Å². The molecule has 3 rings (SSSR count). The van der Waals surface area contributed by atoms with Crippen molar-refractivity contribution in [3.05, 3.63) is 58.2 Å². The molecule has 1 fully saturated rings. The van der Waals surface area contributed by atoms with E-state index in [0.717, 1.165) is 24.8 Å². The van der Waals surface area contributed by atoms with Crippen LogP contribution in [0.5, 0.6) is 0 Å². The predicted octanol–water partition coefficient (Wildman–Crippen LogP) is 4.81. The van der Waals surface area contributed by atoms with E-state index in [0.29, 0.717) is 16.8 Å². The minimum Gasteiger partial charge on any atom is -0.457 e. The summed E-state index contributed by atoms with van der Waals surface area (Å²) in [5, 5.41) is 0. The minimum absolute atomic E-state index is 0.00783. The average Bonchev–Trinajstić information content (AvgIpc) is 3.21. The van der Waals surface area contributed by atoms with Gasteiger partial charge in [-0.25, -0.2) is 4.39 Å². The number of furan rings is 1. The van der Waals surface area contributed by atoms with Crippen LogP contribution in [-0.4, -0.2) is 23.4 Å². The van der Waals surface area contributed by atoms with Gasteiger partial charge in [0, 0.05) is 18.7 Å². The monoisotopic (exact) mass is 379 g/mol. The van der Waals surface area contributed by atoms with Crippen LogP contribution >= 0.6 is 15.9 Å². The molecule has 0 saturated heterocycles. The largest absolute Gasteiger partial charge is 0.457 e. The zero-order valence-corrected chi connectivity index (χ0v) is 14.4. The number of benzene rings is 1. The first-order valence-electron chi connectivity index (χ1n) is 7.93. The molecule has 1 aliphatic rings. The van der Waals surface area contributed by atoms with Crippen molar-refractivity contribution in [2.75, 3.05) is 6.54 Å². The van der Waals surface area contributed by atoms with Crippen LogP contribution in [0.3, 0.4) is 0 Å². The summed E-state index contributed by atoms with van der Waals surface area (Å²) >= 11 is 3.24. The standard InChI is InChI=1S/C18H19BrFNO2/c19-17-11-14(12-23-17)18(22)21(16-3-1-2-4-16)10-9-13-5-7-15(20)8-6-13/h5-8,11-12,16H,1-4,9-10H2. The maximum absolute atomic E-state index is 13.0. The Balaban J connectivity index is 1.72. The second-order valence-electron chi connectivity index (χ2n) is 5.95. The van der Waals surface area contributed by atoms with Crippen LogP contribution < -0.4 is 0 Å². The zero-order valence-electron chi connectivity index (χ0n) is 12.8. The summed E-state index contributed by atoms with van der Waals surface area (Å²) in [6.45, 7) is 0.637. The molecule has 0 bridgehead atoms. The molecule has 1 aliphatic carbocycles. The van der Waals surface area contributed by atoms with Crippen LogP contribution in [0.4, 0.5) is 4.39 Å². The van der Waals surface area contributed by atoms with Gasteiger partial charge in [0.1, 0.15) is 12.1 Å². The van der Waals surface area contributed by atoms with Gasteiger partial charge in [-0.05, 0) is 52.9 Å². The molecule has 1 aromatic heterocycles. The highest BCUT2D eigenvalue weighted by atomic mass is 79.9. The second kappa shape index (κ2) is 7.30. The SMILES string of the molecule is O=C(c1coc(Br)c1)N(CCc1ccc(F)cc1)C1CCCC1. The van der Waals surface area contributed by atoms with Gasteiger partial charge in [-0.3, -0.25) is 4.79 Å². The van der Waals surface area contributed by atoms with E-state index in [1.807, 2.05) is 4.90 Å². The second-order valence-corrected chi connectivity index (χ2v) is 6.73. The summed E-state index contributed by atoms with van der Waals surface area (Å²) in [4.78, 5) is 14.8. The fourth-order valence-corrected chi connectivity index (χ4v) is 3.49. The smallest absolute Gasteiger partial charge is 0.257 e. The normalized spacial score (nSPS) is 15.0. The van der Waals surface area contributed by atoms with Gasteiger partial charge in [0.2, 0.25) is 0 Å². The Morgan fingerprint density at radius 1 is 1.26 bits per heavy atom. The van der Waals surface area contributed by atoms with E-state index < -0.39 is 0 Å². The molecule has 0 aliphatic heterocycles. The number of carbonyl (C=O) groups excluding carboxylic acids is 1. The highest BCUT2D eigenvalue weighted by Crippen LogP contribution is 2.26. The topological polar surface area (TPSA) is 33.5 Å². The molecule has 3 nitrogen and oxygen atoms in total. The van der Waals surface area contributed by atoms with Crippen LogP contribution in [0.2, 0.25) is 0 Å². The van der Waals surface area contributed by atoms with Gasteiger partial charge >= 0.3 is 0 Å². The lowest BCUT2D eigenvalue weighted by Gasteiger charge is -2.28. The third-order valence-corrected chi connectivity index (χ3v) is 4.81. The zero-order chi connectivity index (χ0) is 16.2. The van der Waals surface area contributed by atoms with Gasteiger partial charge < -0.3 is 9.32 Å². The summed E-state index contributed by atoms with van der Waals surface area (Å²) < 4.78 is 18.8. The highest BCUT2D eigenvalue weighted by molar-refractivity contribution is 9.10. The molecule has 122 valence electrons. The van der Waals surface area contributed by atoms with Gasteiger partial charge in [0.25, 0.3) is 5.91 Å². The molecule has 0 radical (unpaired) electrons. The van der Waals surface area contributed by atoms with Crippen molar-refractivity contribution in [3.8, 4) is 0 Å². The molecule has 1 amide bonds. The summed E-state index contributed by atoms with van der Waals surface area (Å²) in [6, 6.07) is 8.48. The van der Waals surface area contributed by atoms with E-state index in [-0.39, 0.29) is 17.8 Å². The van der Waals surface area contributed by atoms with Crippen molar-refractivity contribution in [2.45, 2.75) is 38.1 Å². The molecule has 1 aromatic carbocycles. The fourth-order valence-electron chi connectivity index (χ4n) is 3.15. The first-order chi connectivity index (χ1) is 11.1. The number of halogens is 2. The maximum Gasteiger partial charge on any atom is 0.257 e. The lowest BCUT2D eigenvalue weighted by molar-refractivity contribution is 0.0683. The number of rotatable bonds is 5. The Bertz CT molecular complexity index is 662. The van der Waals surface area contributed by atoms with E-state index in [2.05, 4.69) is 15.9 Å². The van der Waals surface area contributed by atoms with Gasteiger partial charge in [0.05, 0.1) is 5.56 Å². The summed E-state index contributed by atoms with van der Waals surface area (Å²) in [5.41, 5.74) is 1.61. The molecule has 1 saturated carbocycles. The minimum atomic E-state index is -0.235. The van der Waals surface area contributed by atoms with Gasteiger partial charge in [-0.2, -0.15) is 0 Å². The van der Waals surface area contributed by atoms with Crippen molar-refractivity contribution >= 4 is 21.8 Å². The van der Waals surface area contributed by atoms with Crippen LogP contribution in [-0.2, 0) is 6.42 Å². The van der Waals surface area contributed by atoms with Crippen molar-refractivity contribution in [2.24, 2.45) is 0 Å².